The summed E-state index contributed by atoms with van der Waals surface area (Å²) < 4.78 is 1.32. The summed E-state index contributed by atoms with van der Waals surface area (Å²) in [4.78, 5) is 7.57. The van der Waals surface area contributed by atoms with Crippen molar-refractivity contribution in [1.82, 2.24) is 19.6 Å². The number of hydrogen-bond acceptors (Lipinski definition) is 5. The zero-order chi connectivity index (χ0) is 8.55. The molecule has 0 spiro atoms. The van der Waals surface area contributed by atoms with Crippen molar-refractivity contribution in [3.05, 3.63) is 18.1 Å². The molecule has 2 aromatic heterocycles. The molecule has 0 radical (unpaired) electrons. The summed E-state index contributed by atoms with van der Waals surface area (Å²) >= 11 is 0. The average Bonchev–Trinajstić information content (AvgIpc) is 2.49. The Morgan fingerprint density at radius 2 is 2.33 bits per heavy atom. The number of hydrogen-bond donors (Lipinski definition) is 1. The van der Waals surface area contributed by atoms with Crippen LogP contribution < -0.4 is 5.73 Å². The zero-order valence-corrected chi connectivity index (χ0v) is 5.97. The number of rotatable bonds is 0. The highest BCUT2D eigenvalue weighted by atomic mass is 15.3. The summed E-state index contributed by atoms with van der Waals surface area (Å²) in [5.74, 6) is 0.224. The van der Waals surface area contributed by atoms with E-state index in [1.807, 2.05) is 6.07 Å². The van der Waals surface area contributed by atoms with Gasteiger partial charge in [0.05, 0.1) is 6.20 Å². The molecule has 2 rings (SSSR count). The predicted molar refractivity (Wildman–Crippen MR) is 39.9 cm³/mol. The van der Waals surface area contributed by atoms with Crippen LogP contribution in [0, 0.1) is 11.3 Å². The Hall–Kier alpha value is -2.16. The summed E-state index contributed by atoms with van der Waals surface area (Å²) in [6.45, 7) is 0. The van der Waals surface area contributed by atoms with Gasteiger partial charge >= 0.3 is 0 Å². The highest BCUT2D eigenvalue weighted by Crippen LogP contribution is 2.06. The van der Waals surface area contributed by atoms with Gasteiger partial charge in [-0.05, 0) is 0 Å². The Morgan fingerprint density at radius 3 is 3.08 bits per heavy atom. The lowest BCUT2D eigenvalue weighted by Crippen LogP contribution is -2.02. The molecule has 0 aliphatic carbocycles. The first-order valence-electron chi connectivity index (χ1n) is 3.17. The van der Waals surface area contributed by atoms with Crippen molar-refractivity contribution in [3.63, 3.8) is 0 Å². The van der Waals surface area contributed by atoms with Gasteiger partial charge in [-0.2, -0.15) is 14.9 Å². The van der Waals surface area contributed by atoms with E-state index in [9.17, 15) is 0 Å². The molecule has 0 bridgehead atoms. The number of fused-ring (bicyclic) bond motifs is 1. The second-order valence-electron chi connectivity index (χ2n) is 2.14. The molecule has 2 heterocycles. The molecular weight excluding hydrogens is 156 g/mol. The number of aromatic nitrogens is 4. The van der Waals surface area contributed by atoms with E-state index in [0.717, 1.165) is 0 Å². The lowest BCUT2D eigenvalue weighted by molar-refractivity contribution is 0.909. The number of anilines is 1. The van der Waals surface area contributed by atoms with Gasteiger partial charge in [-0.1, -0.05) is 0 Å². The van der Waals surface area contributed by atoms with Crippen LogP contribution in [0.1, 0.15) is 5.56 Å². The quantitative estimate of drug-likeness (QED) is 0.564. The standard InChI is InChI=1S/C6H4N6/c7-1-4-2-11-12-5(4)9-3-10-6(12)8/h2-3H,(H2,8,9,10). The normalized spacial score (nSPS) is 9.92. The molecule has 12 heavy (non-hydrogen) atoms. The molecule has 0 aliphatic heterocycles. The van der Waals surface area contributed by atoms with Gasteiger partial charge < -0.3 is 5.73 Å². The van der Waals surface area contributed by atoms with Crippen molar-refractivity contribution in [3.8, 4) is 6.07 Å². The van der Waals surface area contributed by atoms with Crippen molar-refractivity contribution in [1.29, 1.82) is 5.26 Å². The number of nitrogen functional groups attached to an aromatic ring is 1. The Bertz CT molecular complexity index is 464. The maximum atomic E-state index is 8.61. The van der Waals surface area contributed by atoms with Crippen molar-refractivity contribution in [2.45, 2.75) is 0 Å². The van der Waals surface area contributed by atoms with Gasteiger partial charge in [0.2, 0.25) is 5.95 Å². The number of nitrogens with zero attached hydrogens (tertiary/aromatic N) is 5. The van der Waals surface area contributed by atoms with E-state index in [-0.39, 0.29) is 5.95 Å². The molecule has 2 N–H and O–H groups in total. The van der Waals surface area contributed by atoms with Gasteiger partial charge in [-0.3, -0.25) is 0 Å². The lowest BCUT2D eigenvalue weighted by atomic mass is 10.4. The van der Waals surface area contributed by atoms with E-state index >= 15 is 0 Å². The Morgan fingerprint density at radius 1 is 1.50 bits per heavy atom. The van der Waals surface area contributed by atoms with E-state index in [4.69, 9.17) is 11.0 Å². The van der Waals surface area contributed by atoms with Crippen LogP contribution >= 0.6 is 0 Å². The van der Waals surface area contributed by atoms with Crippen LogP contribution in [0.4, 0.5) is 5.95 Å². The van der Waals surface area contributed by atoms with Gasteiger partial charge in [0.15, 0.2) is 5.65 Å². The molecule has 0 saturated carbocycles. The fraction of sp³-hybridized carbons (Fsp3) is 0. The molecule has 0 unspecified atom stereocenters. The summed E-state index contributed by atoms with van der Waals surface area (Å²) in [6.07, 6.45) is 2.70. The van der Waals surface area contributed by atoms with Crippen LogP contribution in [0.5, 0.6) is 0 Å². The molecule has 0 fully saturated rings. The second-order valence-corrected chi connectivity index (χ2v) is 2.14. The molecule has 0 aliphatic rings. The fourth-order valence-electron chi connectivity index (χ4n) is 0.910. The smallest absolute Gasteiger partial charge is 0.224 e. The van der Waals surface area contributed by atoms with E-state index in [1.54, 1.807) is 0 Å². The first-order valence-corrected chi connectivity index (χ1v) is 3.17. The monoisotopic (exact) mass is 160 g/mol. The van der Waals surface area contributed by atoms with Crippen LogP contribution in [0.15, 0.2) is 12.5 Å². The SMILES string of the molecule is N#Cc1cnn2c(N)ncnc12. The first-order chi connectivity index (χ1) is 5.83. The minimum absolute atomic E-state index is 0.224. The third-order valence-corrected chi connectivity index (χ3v) is 1.45. The molecule has 0 amide bonds. The van der Waals surface area contributed by atoms with E-state index in [2.05, 4.69) is 15.1 Å². The highest BCUT2D eigenvalue weighted by molar-refractivity contribution is 5.55. The third kappa shape index (κ3) is 0.703. The zero-order valence-electron chi connectivity index (χ0n) is 5.97. The minimum Gasteiger partial charge on any atom is -0.368 e. The maximum Gasteiger partial charge on any atom is 0.224 e. The lowest BCUT2D eigenvalue weighted by Gasteiger charge is -1.93. The molecule has 0 atom stereocenters. The Balaban J connectivity index is 2.91. The van der Waals surface area contributed by atoms with E-state index < -0.39 is 0 Å². The summed E-state index contributed by atoms with van der Waals surface area (Å²) in [6, 6.07) is 1.95. The minimum atomic E-state index is 0.224. The van der Waals surface area contributed by atoms with Crippen LogP contribution in [0.3, 0.4) is 0 Å². The van der Waals surface area contributed by atoms with E-state index in [1.165, 1.54) is 17.0 Å². The molecular formula is C6H4N6. The van der Waals surface area contributed by atoms with Crippen LogP contribution in [0.25, 0.3) is 5.65 Å². The van der Waals surface area contributed by atoms with Crippen molar-refractivity contribution >= 4 is 11.6 Å². The molecule has 0 saturated heterocycles. The van der Waals surface area contributed by atoms with Gasteiger partial charge in [0, 0.05) is 0 Å². The largest absolute Gasteiger partial charge is 0.368 e. The maximum absolute atomic E-state index is 8.61. The highest BCUT2D eigenvalue weighted by Gasteiger charge is 2.05. The topological polar surface area (TPSA) is 92.9 Å². The van der Waals surface area contributed by atoms with Crippen LogP contribution in [-0.2, 0) is 0 Å². The number of nitriles is 1. The van der Waals surface area contributed by atoms with Crippen LogP contribution in [0.2, 0.25) is 0 Å². The van der Waals surface area contributed by atoms with Crippen LogP contribution in [-0.4, -0.2) is 19.6 Å². The fourth-order valence-corrected chi connectivity index (χ4v) is 0.910. The molecule has 6 heteroatoms. The van der Waals surface area contributed by atoms with Crippen molar-refractivity contribution in [2.24, 2.45) is 0 Å². The third-order valence-electron chi connectivity index (χ3n) is 1.45. The number of nitrogens with two attached hydrogens (primary N) is 1. The average molecular weight is 160 g/mol. The van der Waals surface area contributed by atoms with Gasteiger partial charge in [-0.15, -0.1) is 0 Å². The van der Waals surface area contributed by atoms with Crippen molar-refractivity contribution < 1.29 is 0 Å². The Labute approximate surface area is 67.3 Å². The summed E-state index contributed by atoms with van der Waals surface area (Å²) in [5, 5.41) is 12.4. The van der Waals surface area contributed by atoms with Crippen molar-refractivity contribution in [2.75, 3.05) is 5.73 Å². The Kier molecular flexibility index (Phi) is 1.18. The first kappa shape index (κ1) is 6.54. The molecule has 2 aromatic rings. The van der Waals surface area contributed by atoms with Gasteiger partial charge in [-0.25, -0.2) is 9.97 Å². The van der Waals surface area contributed by atoms with Gasteiger partial charge in [0.1, 0.15) is 18.0 Å². The molecule has 58 valence electrons. The molecule has 0 aromatic carbocycles. The summed E-state index contributed by atoms with van der Waals surface area (Å²) in [5.41, 5.74) is 6.29. The van der Waals surface area contributed by atoms with E-state index in [0.29, 0.717) is 11.2 Å². The molecule has 6 nitrogen and oxygen atoms in total. The second kappa shape index (κ2) is 2.17. The van der Waals surface area contributed by atoms with Gasteiger partial charge in [0.25, 0.3) is 0 Å². The predicted octanol–water partition coefficient (Wildman–Crippen LogP) is -0.422. The summed E-state index contributed by atoms with van der Waals surface area (Å²) in [7, 11) is 0.